The number of amides is 1. The molecule has 1 N–H and O–H groups in total. The fourth-order valence-electron chi connectivity index (χ4n) is 3.45. The maximum atomic E-state index is 13.4. The Balaban J connectivity index is 1.61. The van der Waals surface area contributed by atoms with Gasteiger partial charge in [0.25, 0.3) is 10.0 Å². The minimum absolute atomic E-state index is 0.120. The molecule has 3 rings (SSSR count). The lowest BCUT2D eigenvalue weighted by atomic mass is 10.2. The van der Waals surface area contributed by atoms with Crippen LogP contribution < -0.4 is 9.62 Å². The number of hydrogen-bond acceptors (Lipinski definition) is 4. The molecule has 180 valence electrons. The number of nitrogens with zero attached hydrogens (tertiary/aromatic N) is 1. The van der Waals surface area contributed by atoms with Gasteiger partial charge < -0.3 is 5.32 Å². The Labute approximate surface area is 211 Å². The summed E-state index contributed by atoms with van der Waals surface area (Å²) in [6.45, 7) is 4.03. The van der Waals surface area contributed by atoms with E-state index in [1.807, 2.05) is 11.8 Å². The summed E-state index contributed by atoms with van der Waals surface area (Å²) in [4.78, 5) is 12.9. The maximum absolute atomic E-state index is 13.4. The molecule has 0 aliphatic carbocycles. The van der Waals surface area contributed by atoms with Gasteiger partial charge in [0.1, 0.15) is 6.54 Å². The van der Waals surface area contributed by atoms with Crippen molar-refractivity contribution in [3.05, 3.63) is 94.5 Å². The molecule has 3 aromatic rings. The van der Waals surface area contributed by atoms with Gasteiger partial charge in [-0.15, -0.1) is 0 Å². The first-order valence-electron chi connectivity index (χ1n) is 11.0. The minimum Gasteiger partial charge on any atom is -0.354 e. The highest BCUT2D eigenvalue weighted by atomic mass is 35.5. The molecule has 1 amide bonds. The van der Waals surface area contributed by atoms with Crippen LogP contribution in [-0.4, -0.2) is 33.2 Å². The van der Waals surface area contributed by atoms with E-state index in [1.165, 1.54) is 23.3 Å². The second kappa shape index (κ2) is 12.3. The Morgan fingerprint density at radius 1 is 1.00 bits per heavy atom. The highest BCUT2D eigenvalue weighted by molar-refractivity contribution is 7.98. The zero-order chi connectivity index (χ0) is 24.6. The van der Waals surface area contributed by atoms with E-state index in [4.69, 9.17) is 11.6 Å². The van der Waals surface area contributed by atoms with E-state index in [2.05, 4.69) is 36.5 Å². The molecule has 0 fully saturated rings. The molecule has 0 saturated carbocycles. The topological polar surface area (TPSA) is 66.5 Å². The minimum atomic E-state index is -3.95. The Morgan fingerprint density at radius 2 is 1.76 bits per heavy atom. The predicted molar refractivity (Wildman–Crippen MR) is 142 cm³/mol. The number of thioether (sulfide) groups is 1. The van der Waals surface area contributed by atoms with Crippen molar-refractivity contribution in [3.8, 4) is 0 Å². The van der Waals surface area contributed by atoms with Gasteiger partial charge in [-0.2, -0.15) is 11.8 Å². The Hall–Kier alpha value is -2.48. The number of hydrogen-bond donors (Lipinski definition) is 1. The third kappa shape index (κ3) is 7.26. The summed E-state index contributed by atoms with van der Waals surface area (Å²) in [6, 6.07) is 21.5. The molecule has 0 spiro atoms. The van der Waals surface area contributed by atoms with Crippen LogP contribution in [0.2, 0.25) is 5.02 Å². The van der Waals surface area contributed by atoms with Crippen LogP contribution in [0.3, 0.4) is 0 Å². The number of halogens is 1. The number of nitrogens with one attached hydrogen (secondary N) is 1. The van der Waals surface area contributed by atoms with Gasteiger partial charge in [-0.1, -0.05) is 65.7 Å². The van der Waals surface area contributed by atoms with Gasteiger partial charge in [-0.25, -0.2) is 8.42 Å². The maximum Gasteiger partial charge on any atom is 0.264 e. The predicted octanol–water partition coefficient (Wildman–Crippen LogP) is 5.59. The van der Waals surface area contributed by atoms with Crippen LogP contribution in [0.1, 0.15) is 23.1 Å². The zero-order valence-corrected chi connectivity index (χ0v) is 21.7. The Morgan fingerprint density at radius 3 is 2.50 bits per heavy atom. The summed E-state index contributed by atoms with van der Waals surface area (Å²) in [7, 11) is -3.95. The van der Waals surface area contributed by atoms with Crippen molar-refractivity contribution in [2.75, 3.05) is 23.1 Å². The molecule has 34 heavy (non-hydrogen) atoms. The quantitative estimate of drug-likeness (QED) is 0.337. The highest BCUT2D eigenvalue weighted by Crippen LogP contribution is 2.29. The Kier molecular flexibility index (Phi) is 9.45. The molecular formula is C26H29ClN2O3S2. The lowest BCUT2D eigenvalue weighted by Gasteiger charge is -2.25. The van der Waals surface area contributed by atoms with Crippen LogP contribution >= 0.6 is 23.4 Å². The van der Waals surface area contributed by atoms with E-state index in [9.17, 15) is 13.2 Å². The number of sulfonamides is 1. The zero-order valence-electron chi connectivity index (χ0n) is 19.3. The summed E-state index contributed by atoms with van der Waals surface area (Å²) in [6.07, 6.45) is 0.795. The average Bonchev–Trinajstić information content (AvgIpc) is 2.82. The molecule has 0 heterocycles. The van der Waals surface area contributed by atoms with E-state index >= 15 is 0 Å². The van der Waals surface area contributed by atoms with E-state index in [-0.39, 0.29) is 17.3 Å². The van der Waals surface area contributed by atoms with Gasteiger partial charge in [0.2, 0.25) is 5.91 Å². The molecule has 0 aliphatic heterocycles. The van der Waals surface area contributed by atoms with Crippen molar-refractivity contribution >= 4 is 45.0 Å². The molecule has 0 unspecified atom stereocenters. The van der Waals surface area contributed by atoms with E-state index < -0.39 is 10.0 Å². The lowest BCUT2D eigenvalue weighted by molar-refractivity contribution is -0.119. The molecule has 0 bridgehead atoms. The third-order valence-electron chi connectivity index (χ3n) is 5.20. The van der Waals surface area contributed by atoms with Crippen LogP contribution in [0.25, 0.3) is 0 Å². The summed E-state index contributed by atoms with van der Waals surface area (Å²) < 4.78 is 27.9. The lowest BCUT2D eigenvalue weighted by Crippen LogP contribution is -2.41. The number of rotatable bonds is 11. The summed E-state index contributed by atoms with van der Waals surface area (Å²) >= 11 is 7.96. The van der Waals surface area contributed by atoms with Crippen LogP contribution in [0.4, 0.5) is 5.69 Å². The van der Waals surface area contributed by atoms with E-state index in [0.717, 1.165) is 22.2 Å². The van der Waals surface area contributed by atoms with Crippen LogP contribution in [-0.2, 0) is 20.6 Å². The summed E-state index contributed by atoms with van der Waals surface area (Å²) in [5.41, 5.74) is 3.63. The van der Waals surface area contributed by atoms with Crippen molar-refractivity contribution in [3.63, 3.8) is 0 Å². The molecule has 0 saturated heterocycles. The molecule has 3 aromatic carbocycles. The van der Waals surface area contributed by atoms with Gasteiger partial charge in [-0.05, 0) is 61.4 Å². The molecule has 0 aromatic heterocycles. The summed E-state index contributed by atoms with van der Waals surface area (Å²) in [5, 5.41) is 3.26. The molecule has 8 heteroatoms. The van der Waals surface area contributed by atoms with Crippen LogP contribution in [0, 0.1) is 13.8 Å². The largest absolute Gasteiger partial charge is 0.354 e. The number of anilines is 1. The number of carbonyl (C=O) groups excluding carboxylic acids is 1. The van der Waals surface area contributed by atoms with E-state index in [1.54, 1.807) is 43.3 Å². The number of aryl methyl sites for hydroxylation is 2. The van der Waals surface area contributed by atoms with Crippen molar-refractivity contribution in [2.45, 2.75) is 30.9 Å². The molecular weight excluding hydrogens is 488 g/mol. The van der Waals surface area contributed by atoms with Crippen molar-refractivity contribution in [2.24, 2.45) is 0 Å². The first-order valence-corrected chi connectivity index (χ1v) is 14.0. The smallest absolute Gasteiger partial charge is 0.264 e. The fraction of sp³-hybridized carbons (Fsp3) is 0.269. The Bertz CT molecular complexity index is 1220. The SMILES string of the molecule is Cc1cccc(CSCCCNC(=O)CN(c2cc(Cl)ccc2C)S(=O)(=O)c2ccccc2)c1. The van der Waals surface area contributed by atoms with Crippen molar-refractivity contribution < 1.29 is 13.2 Å². The monoisotopic (exact) mass is 516 g/mol. The van der Waals surface area contributed by atoms with Crippen molar-refractivity contribution in [1.82, 2.24) is 5.32 Å². The second-order valence-electron chi connectivity index (χ2n) is 8.00. The first kappa shape index (κ1) is 26.1. The highest BCUT2D eigenvalue weighted by Gasteiger charge is 2.28. The molecule has 0 atom stereocenters. The molecule has 5 nitrogen and oxygen atoms in total. The van der Waals surface area contributed by atoms with Gasteiger partial charge in [0.05, 0.1) is 10.6 Å². The fourth-order valence-corrected chi connectivity index (χ4v) is 6.02. The van der Waals surface area contributed by atoms with Gasteiger partial charge >= 0.3 is 0 Å². The normalized spacial score (nSPS) is 11.3. The van der Waals surface area contributed by atoms with Crippen LogP contribution in [0.15, 0.2) is 77.7 Å². The van der Waals surface area contributed by atoms with Crippen LogP contribution in [0.5, 0.6) is 0 Å². The second-order valence-corrected chi connectivity index (χ2v) is 11.4. The van der Waals surface area contributed by atoms with Gasteiger partial charge in [-0.3, -0.25) is 9.10 Å². The third-order valence-corrected chi connectivity index (χ3v) is 8.32. The van der Waals surface area contributed by atoms with Crippen molar-refractivity contribution in [1.29, 1.82) is 0 Å². The van der Waals surface area contributed by atoms with Gasteiger partial charge in [0.15, 0.2) is 0 Å². The molecule has 0 aliphatic rings. The number of benzene rings is 3. The average molecular weight is 517 g/mol. The van der Waals surface area contributed by atoms with E-state index in [0.29, 0.717) is 22.8 Å². The van der Waals surface area contributed by atoms with Gasteiger partial charge in [0, 0.05) is 17.3 Å². The summed E-state index contributed by atoms with van der Waals surface area (Å²) in [5.74, 6) is 1.46. The first-order chi connectivity index (χ1) is 16.3. The molecule has 0 radical (unpaired) electrons. The standard InChI is InChI=1S/C26H29ClN2O3S2/c1-20-8-6-9-22(16-20)19-33-15-7-14-28-26(30)18-29(25-17-23(27)13-12-21(25)2)34(31,32)24-10-4-3-5-11-24/h3-6,8-13,16-17H,7,14-15,18-19H2,1-2H3,(H,28,30). The number of carbonyl (C=O) groups is 1.